The molecule has 32 heavy (non-hydrogen) atoms. The average molecular weight is 443 g/mol. The Hall–Kier alpha value is -2.89. The second-order valence-electron chi connectivity index (χ2n) is 8.90. The third kappa shape index (κ3) is 7.08. The fraction of sp³-hybridized carbons (Fsp3) is 0.462. The van der Waals surface area contributed by atoms with E-state index in [1.807, 2.05) is 38.1 Å². The van der Waals surface area contributed by atoms with E-state index in [1.54, 1.807) is 12.1 Å². The average Bonchev–Trinajstić information content (AvgIpc) is 2.76. The SMILES string of the molecule is CCCNC(=O)[C@@H](CC)N(Cc1ccc(F)cc1)C(=O)COc1ccccc1C(C)(C)C. The molecule has 0 spiro atoms. The van der Waals surface area contributed by atoms with Gasteiger partial charge in [0.15, 0.2) is 6.61 Å². The Bertz CT molecular complexity index is 891. The molecule has 5 nitrogen and oxygen atoms in total. The summed E-state index contributed by atoms with van der Waals surface area (Å²) in [6.45, 7) is 10.7. The molecule has 6 heteroatoms. The third-order valence-electron chi connectivity index (χ3n) is 5.25. The molecule has 0 aliphatic carbocycles. The molecule has 2 aromatic carbocycles. The molecule has 0 saturated carbocycles. The number of hydrogen-bond donors (Lipinski definition) is 1. The fourth-order valence-corrected chi connectivity index (χ4v) is 3.51. The van der Waals surface area contributed by atoms with Crippen molar-refractivity contribution in [3.8, 4) is 5.75 Å². The molecule has 0 saturated heterocycles. The van der Waals surface area contributed by atoms with Crippen molar-refractivity contribution in [3.05, 3.63) is 65.5 Å². The first kappa shape index (κ1) is 25.4. The monoisotopic (exact) mass is 442 g/mol. The Labute approximate surface area is 191 Å². The van der Waals surface area contributed by atoms with E-state index >= 15 is 0 Å². The summed E-state index contributed by atoms with van der Waals surface area (Å²) in [5.41, 5.74) is 1.61. The minimum atomic E-state index is -0.638. The lowest BCUT2D eigenvalue weighted by molar-refractivity contribution is -0.143. The Morgan fingerprint density at radius 3 is 2.31 bits per heavy atom. The van der Waals surface area contributed by atoms with Gasteiger partial charge in [-0.25, -0.2) is 4.39 Å². The molecular weight excluding hydrogens is 407 g/mol. The van der Waals surface area contributed by atoms with Gasteiger partial charge in [0.25, 0.3) is 5.91 Å². The van der Waals surface area contributed by atoms with Crippen LogP contribution in [0.5, 0.6) is 5.75 Å². The molecule has 2 amide bonds. The third-order valence-corrected chi connectivity index (χ3v) is 5.25. The highest BCUT2D eigenvalue weighted by Gasteiger charge is 2.29. The molecule has 0 aromatic heterocycles. The van der Waals surface area contributed by atoms with Gasteiger partial charge in [0.2, 0.25) is 5.91 Å². The number of ether oxygens (including phenoxy) is 1. The van der Waals surface area contributed by atoms with Crippen molar-refractivity contribution in [1.29, 1.82) is 0 Å². The molecule has 0 unspecified atom stereocenters. The minimum absolute atomic E-state index is 0.139. The summed E-state index contributed by atoms with van der Waals surface area (Å²) < 4.78 is 19.3. The predicted octanol–water partition coefficient (Wildman–Crippen LogP) is 4.84. The highest BCUT2D eigenvalue weighted by atomic mass is 19.1. The van der Waals surface area contributed by atoms with E-state index < -0.39 is 6.04 Å². The number of carbonyl (C=O) groups excluding carboxylic acids is 2. The lowest BCUT2D eigenvalue weighted by atomic mass is 9.86. The molecule has 0 heterocycles. The van der Waals surface area contributed by atoms with E-state index in [4.69, 9.17) is 4.74 Å². The summed E-state index contributed by atoms with van der Waals surface area (Å²) in [5.74, 6) is -0.184. The van der Waals surface area contributed by atoms with Gasteiger partial charge >= 0.3 is 0 Å². The number of halogens is 1. The molecule has 0 fully saturated rings. The topological polar surface area (TPSA) is 58.6 Å². The van der Waals surface area contributed by atoms with Gasteiger partial charge in [0, 0.05) is 13.1 Å². The van der Waals surface area contributed by atoms with Crippen LogP contribution in [0, 0.1) is 5.82 Å². The van der Waals surface area contributed by atoms with Crippen LogP contribution in [-0.2, 0) is 21.5 Å². The minimum Gasteiger partial charge on any atom is -0.483 e. The zero-order valence-corrected chi connectivity index (χ0v) is 19.8. The molecule has 0 aliphatic rings. The summed E-state index contributed by atoms with van der Waals surface area (Å²) >= 11 is 0. The van der Waals surface area contributed by atoms with Gasteiger partial charge < -0.3 is 15.0 Å². The van der Waals surface area contributed by atoms with Crippen LogP contribution in [0.4, 0.5) is 4.39 Å². The van der Waals surface area contributed by atoms with E-state index in [0.717, 1.165) is 17.5 Å². The van der Waals surface area contributed by atoms with Crippen LogP contribution in [-0.4, -0.2) is 35.9 Å². The van der Waals surface area contributed by atoms with Crippen molar-refractivity contribution in [2.24, 2.45) is 0 Å². The zero-order valence-electron chi connectivity index (χ0n) is 19.8. The normalized spacial score (nSPS) is 12.2. The van der Waals surface area contributed by atoms with Gasteiger partial charge in [-0.2, -0.15) is 0 Å². The zero-order chi connectivity index (χ0) is 23.7. The van der Waals surface area contributed by atoms with E-state index in [9.17, 15) is 14.0 Å². The van der Waals surface area contributed by atoms with E-state index in [-0.39, 0.29) is 36.2 Å². The van der Waals surface area contributed by atoms with Crippen LogP contribution in [0.15, 0.2) is 48.5 Å². The molecule has 2 aromatic rings. The number of carbonyl (C=O) groups is 2. The second-order valence-corrected chi connectivity index (χ2v) is 8.90. The van der Waals surface area contributed by atoms with Gasteiger partial charge in [-0.3, -0.25) is 9.59 Å². The highest BCUT2D eigenvalue weighted by Crippen LogP contribution is 2.31. The maximum atomic E-state index is 13.4. The number of amides is 2. The number of hydrogen-bond acceptors (Lipinski definition) is 3. The van der Waals surface area contributed by atoms with Crippen molar-refractivity contribution < 1.29 is 18.7 Å². The van der Waals surface area contributed by atoms with Crippen molar-refractivity contribution in [1.82, 2.24) is 10.2 Å². The maximum absolute atomic E-state index is 13.4. The van der Waals surface area contributed by atoms with Crippen LogP contribution in [0.3, 0.4) is 0 Å². The summed E-state index contributed by atoms with van der Waals surface area (Å²) in [5, 5.41) is 2.88. The lowest BCUT2D eigenvalue weighted by Crippen LogP contribution is -2.50. The Morgan fingerprint density at radius 2 is 1.72 bits per heavy atom. The molecule has 1 N–H and O–H groups in total. The summed E-state index contributed by atoms with van der Waals surface area (Å²) in [6, 6.07) is 13.0. The smallest absolute Gasteiger partial charge is 0.261 e. The van der Waals surface area contributed by atoms with Crippen molar-refractivity contribution in [2.45, 2.75) is 65.5 Å². The maximum Gasteiger partial charge on any atom is 0.261 e. The first-order chi connectivity index (χ1) is 15.2. The molecule has 0 radical (unpaired) electrons. The summed E-state index contributed by atoms with van der Waals surface area (Å²) in [4.78, 5) is 27.6. The van der Waals surface area contributed by atoms with Crippen LogP contribution >= 0.6 is 0 Å². The van der Waals surface area contributed by atoms with Crippen molar-refractivity contribution in [2.75, 3.05) is 13.2 Å². The summed E-state index contributed by atoms with van der Waals surface area (Å²) in [6.07, 6.45) is 1.27. The molecule has 2 rings (SSSR count). The molecule has 174 valence electrons. The number of rotatable bonds is 10. The number of nitrogens with zero attached hydrogens (tertiary/aromatic N) is 1. The standard InChI is InChI=1S/C26H35FN2O3/c1-6-16-28-25(31)22(7-2)29(17-19-12-14-20(27)15-13-19)24(30)18-32-23-11-9-8-10-21(23)26(3,4)5/h8-15,22H,6-7,16-18H2,1-5H3,(H,28,31)/t22-/m1/s1. The van der Waals surface area contributed by atoms with Crippen molar-refractivity contribution >= 4 is 11.8 Å². The molecule has 0 aliphatic heterocycles. The van der Waals surface area contributed by atoms with Gasteiger partial charge in [-0.05, 0) is 47.6 Å². The first-order valence-corrected chi connectivity index (χ1v) is 11.2. The van der Waals surface area contributed by atoms with Crippen LogP contribution in [0.1, 0.15) is 58.6 Å². The summed E-state index contributed by atoms with van der Waals surface area (Å²) in [7, 11) is 0. The van der Waals surface area contributed by atoms with Crippen LogP contribution < -0.4 is 10.1 Å². The predicted molar refractivity (Wildman–Crippen MR) is 125 cm³/mol. The second kappa shape index (κ2) is 11.7. The Morgan fingerprint density at radius 1 is 1.06 bits per heavy atom. The first-order valence-electron chi connectivity index (χ1n) is 11.2. The lowest BCUT2D eigenvalue weighted by Gasteiger charge is -2.31. The van der Waals surface area contributed by atoms with Gasteiger partial charge in [0.1, 0.15) is 17.6 Å². The van der Waals surface area contributed by atoms with Crippen LogP contribution in [0.25, 0.3) is 0 Å². The number of benzene rings is 2. The number of nitrogens with one attached hydrogen (secondary N) is 1. The number of para-hydroxylation sites is 1. The molecular formula is C26H35FN2O3. The van der Waals surface area contributed by atoms with E-state index in [0.29, 0.717) is 18.7 Å². The molecule has 1 atom stereocenters. The van der Waals surface area contributed by atoms with E-state index in [2.05, 4.69) is 26.1 Å². The van der Waals surface area contributed by atoms with Gasteiger partial charge in [-0.1, -0.05) is 65.0 Å². The fourth-order valence-electron chi connectivity index (χ4n) is 3.51. The largest absolute Gasteiger partial charge is 0.483 e. The Kier molecular flexibility index (Phi) is 9.24. The quantitative estimate of drug-likeness (QED) is 0.573. The van der Waals surface area contributed by atoms with E-state index in [1.165, 1.54) is 17.0 Å². The highest BCUT2D eigenvalue weighted by molar-refractivity contribution is 5.88. The van der Waals surface area contributed by atoms with Gasteiger partial charge in [0.05, 0.1) is 0 Å². The molecule has 0 bridgehead atoms. The Balaban J connectivity index is 2.25. The van der Waals surface area contributed by atoms with Gasteiger partial charge in [-0.15, -0.1) is 0 Å². The van der Waals surface area contributed by atoms with Crippen LogP contribution in [0.2, 0.25) is 0 Å². The van der Waals surface area contributed by atoms with Crippen molar-refractivity contribution in [3.63, 3.8) is 0 Å².